The van der Waals surface area contributed by atoms with Gasteiger partial charge < -0.3 is 9.64 Å². The molecule has 0 spiro atoms. The van der Waals surface area contributed by atoms with Gasteiger partial charge in [-0.1, -0.05) is 29.8 Å². The van der Waals surface area contributed by atoms with Gasteiger partial charge in [-0.25, -0.2) is 8.42 Å². The summed E-state index contributed by atoms with van der Waals surface area (Å²) in [5.74, 6) is -0.314. The molecule has 8 heteroatoms. The van der Waals surface area contributed by atoms with Crippen LogP contribution < -0.4 is 4.90 Å². The molecule has 0 radical (unpaired) electrons. The monoisotopic (exact) mass is 394 g/mol. The van der Waals surface area contributed by atoms with Gasteiger partial charge in [0.15, 0.2) is 0 Å². The smallest absolute Gasteiger partial charge is 0.258 e. The normalized spacial score (nSPS) is 15.6. The number of morpholine rings is 1. The van der Waals surface area contributed by atoms with Crippen molar-refractivity contribution in [3.63, 3.8) is 0 Å². The van der Waals surface area contributed by atoms with Crippen LogP contribution in [0.5, 0.6) is 0 Å². The minimum absolute atomic E-state index is 0.0617. The van der Waals surface area contributed by atoms with Crippen LogP contribution in [0.3, 0.4) is 0 Å². The van der Waals surface area contributed by atoms with Crippen LogP contribution >= 0.6 is 11.6 Å². The number of ether oxygens (including phenoxy) is 1. The van der Waals surface area contributed by atoms with Crippen LogP contribution in [0.1, 0.15) is 10.4 Å². The molecule has 1 saturated heterocycles. The van der Waals surface area contributed by atoms with E-state index in [4.69, 9.17) is 16.3 Å². The van der Waals surface area contributed by atoms with Gasteiger partial charge in [0.2, 0.25) is 10.0 Å². The number of benzene rings is 2. The zero-order valence-corrected chi connectivity index (χ0v) is 15.8. The summed E-state index contributed by atoms with van der Waals surface area (Å²) in [5.41, 5.74) is 0.970. The first-order valence-corrected chi connectivity index (χ1v) is 9.93. The van der Waals surface area contributed by atoms with Crippen LogP contribution in [-0.2, 0) is 14.8 Å². The van der Waals surface area contributed by atoms with Crippen LogP contribution in [0.15, 0.2) is 53.4 Å². The first-order valence-electron chi connectivity index (χ1n) is 8.12. The Kier molecular flexibility index (Phi) is 5.62. The number of carbonyl (C=O) groups excluding carboxylic acids is 1. The molecule has 26 heavy (non-hydrogen) atoms. The van der Waals surface area contributed by atoms with E-state index in [9.17, 15) is 13.2 Å². The van der Waals surface area contributed by atoms with Crippen molar-refractivity contribution in [2.45, 2.75) is 4.90 Å². The molecule has 0 aromatic heterocycles. The molecule has 1 aliphatic rings. The molecular formula is C18H19ClN2O4S. The Bertz CT molecular complexity index is 897. The van der Waals surface area contributed by atoms with Crippen molar-refractivity contribution < 1.29 is 17.9 Å². The molecular weight excluding hydrogens is 376 g/mol. The molecule has 2 aromatic carbocycles. The molecule has 0 aliphatic carbocycles. The third kappa shape index (κ3) is 3.76. The summed E-state index contributed by atoms with van der Waals surface area (Å²) in [5, 5.41) is 0.0930. The van der Waals surface area contributed by atoms with Crippen molar-refractivity contribution in [3.05, 3.63) is 59.1 Å². The number of amides is 1. The predicted molar refractivity (Wildman–Crippen MR) is 100 cm³/mol. The minimum atomic E-state index is -3.79. The summed E-state index contributed by atoms with van der Waals surface area (Å²) < 4.78 is 32.3. The number of carbonyl (C=O) groups is 1. The lowest BCUT2D eigenvalue weighted by Crippen LogP contribution is -2.40. The quantitative estimate of drug-likeness (QED) is 0.799. The van der Waals surface area contributed by atoms with Gasteiger partial charge in [-0.3, -0.25) is 4.79 Å². The first kappa shape index (κ1) is 18.8. The highest BCUT2D eigenvalue weighted by atomic mass is 35.5. The lowest BCUT2D eigenvalue weighted by molar-refractivity contribution is 0.0730. The standard InChI is InChI=1S/C18H19ClN2O4S/c1-20(15-5-3-2-4-6-15)18(22)14-7-8-16(19)17(13-14)26(23,24)21-9-11-25-12-10-21/h2-8,13H,9-12H2,1H3. The molecule has 0 atom stereocenters. The molecule has 3 rings (SSSR count). The van der Waals surface area contributed by atoms with E-state index < -0.39 is 10.0 Å². The summed E-state index contributed by atoms with van der Waals surface area (Å²) in [6, 6.07) is 13.4. The molecule has 1 fully saturated rings. The molecule has 138 valence electrons. The molecule has 0 saturated carbocycles. The largest absolute Gasteiger partial charge is 0.379 e. The van der Waals surface area contributed by atoms with Gasteiger partial charge in [0.05, 0.1) is 18.2 Å². The van der Waals surface area contributed by atoms with E-state index in [1.165, 1.54) is 27.4 Å². The highest BCUT2D eigenvalue weighted by Gasteiger charge is 2.29. The number of sulfonamides is 1. The maximum Gasteiger partial charge on any atom is 0.258 e. The van der Waals surface area contributed by atoms with Crippen LogP contribution in [0, 0.1) is 0 Å². The molecule has 6 nitrogen and oxygen atoms in total. The Morgan fingerprint density at radius 2 is 1.77 bits per heavy atom. The van der Waals surface area contributed by atoms with Gasteiger partial charge in [-0.15, -0.1) is 0 Å². The fourth-order valence-corrected chi connectivity index (χ4v) is 4.63. The molecule has 0 N–H and O–H groups in total. The number of hydrogen-bond acceptors (Lipinski definition) is 4. The number of hydrogen-bond donors (Lipinski definition) is 0. The van der Waals surface area contributed by atoms with Crippen molar-refractivity contribution in [1.82, 2.24) is 4.31 Å². The first-order chi connectivity index (χ1) is 12.4. The average molecular weight is 395 g/mol. The van der Waals surface area contributed by atoms with Crippen LogP contribution in [0.4, 0.5) is 5.69 Å². The third-order valence-electron chi connectivity index (χ3n) is 4.21. The second-order valence-corrected chi connectivity index (χ2v) is 8.17. The van der Waals surface area contributed by atoms with Crippen molar-refractivity contribution >= 4 is 33.2 Å². The summed E-state index contributed by atoms with van der Waals surface area (Å²) in [4.78, 5) is 14.2. The maximum atomic E-state index is 12.9. The van der Waals surface area contributed by atoms with E-state index in [1.807, 2.05) is 18.2 Å². The van der Waals surface area contributed by atoms with E-state index >= 15 is 0 Å². The lowest BCUT2D eigenvalue weighted by atomic mass is 10.2. The van der Waals surface area contributed by atoms with Crippen LogP contribution in [0.2, 0.25) is 5.02 Å². The Balaban J connectivity index is 1.93. The van der Waals surface area contributed by atoms with Gasteiger partial charge in [0.25, 0.3) is 5.91 Å². The molecule has 2 aromatic rings. The van der Waals surface area contributed by atoms with Gasteiger partial charge in [-0.2, -0.15) is 4.31 Å². The van der Waals surface area contributed by atoms with Crippen molar-refractivity contribution in [3.8, 4) is 0 Å². The lowest BCUT2D eigenvalue weighted by Gasteiger charge is -2.26. The number of para-hydroxylation sites is 1. The highest BCUT2D eigenvalue weighted by molar-refractivity contribution is 7.89. The van der Waals surface area contributed by atoms with Gasteiger partial charge in [0.1, 0.15) is 4.90 Å². The summed E-state index contributed by atoms with van der Waals surface area (Å²) in [7, 11) is -2.15. The number of nitrogens with zero attached hydrogens (tertiary/aromatic N) is 2. The number of halogens is 1. The van der Waals surface area contributed by atoms with Gasteiger partial charge in [0, 0.05) is 31.4 Å². The fraction of sp³-hybridized carbons (Fsp3) is 0.278. The van der Waals surface area contributed by atoms with Gasteiger partial charge in [-0.05, 0) is 30.3 Å². The van der Waals surface area contributed by atoms with E-state index in [0.717, 1.165) is 0 Å². The second-order valence-electron chi connectivity index (χ2n) is 5.86. The van der Waals surface area contributed by atoms with Crippen LogP contribution in [-0.4, -0.2) is 52.0 Å². The zero-order chi connectivity index (χ0) is 18.7. The highest BCUT2D eigenvalue weighted by Crippen LogP contribution is 2.27. The summed E-state index contributed by atoms with van der Waals surface area (Å²) in [6.45, 7) is 1.21. The van der Waals surface area contributed by atoms with E-state index in [0.29, 0.717) is 18.9 Å². The van der Waals surface area contributed by atoms with Crippen molar-refractivity contribution in [2.24, 2.45) is 0 Å². The average Bonchev–Trinajstić information content (AvgIpc) is 2.68. The topological polar surface area (TPSA) is 66.9 Å². The maximum absolute atomic E-state index is 12.9. The van der Waals surface area contributed by atoms with Crippen LogP contribution in [0.25, 0.3) is 0 Å². The van der Waals surface area contributed by atoms with E-state index in [-0.39, 0.29) is 34.5 Å². The molecule has 1 amide bonds. The Morgan fingerprint density at radius 3 is 2.42 bits per heavy atom. The number of anilines is 1. The third-order valence-corrected chi connectivity index (χ3v) is 6.59. The Labute approximate surface area is 158 Å². The molecule has 1 heterocycles. The predicted octanol–water partition coefficient (Wildman–Crippen LogP) is 2.64. The molecule has 1 aliphatic heterocycles. The van der Waals surface area contributed by atoms with Crippen molar-refractivity contribution in [2.75, 3.05) is 38.3 Å². The molecule has 0 unspecified atom stereocenters. The SMILES string of the molecule is CN(C(=O)c1ccc(Cl)c(S(=O)(=O)N2CCOCC2)c1)c1ccccc1. The zero-order valence-electron chi connectivity index (χ0n) is 14.3. The Morgan fingerprint density at radius 1 is 1.12 bits per heavy atom. The summed E-state index contributed by atoms with van der Waals surface area (Å²) in [6.07, 6.45) is 0. The second kappa shape index (κ2) is 7.75. The Hall–Kier alpha value is -1.93. The van der Waals surface area contributed by atoms with E-state index in [2.05, 4.69) is 0 Å². The van der Waals surface area contributed by atoms with Gasteiger partial charge >= 0.3 is 0 Å². The fourth-order valence-electron chi connectivity index (χ4n) is 2.72. The van der Waals surface area contributed by atoms with Crippen molar-refractivity contribution in [1.29, 1.82) is 0 Å². The molecule has 0 bridgehead atoms. The summed E-state index contributed by atoms with van der Waals surface area (Å²) >= 11 is 6.14. The number of rotatable bonds is 4. The van der Waals surface area contributed by atoms with E-state index in [1.54, 1.807) is 19.2 Å². The minimum Gasteiger partial charge on any atom is -0.379 e.